The van der Waals surface area contributed by atoms with Crippen LogP contribution >= 0.6 is 11.3 Å². The van der Waals surface area contributed by atoms with Crippen LogP contribution in [0, 0.1) is 0 Å². The van der Waals surface area contributed by atoms with Crippen LogP contribution in [0.3, 0.4) is 0 Å². The molecule has 98 heavy (non-hydrogen) atoms. The lowest BCUT2D eigenvalue weighted by Crippen LogP contribution is -2.07. The largest absolute Gasteiger partial charge is 0.278 e. The summed E-state index contributed by atoms with van der Waals surface area (Å²) in [5.74, 6) is 1.59. The molecule has 4 aromatic heterocycles. The van der Waals surface area contributed by atoms with Gasteiger partial charge in [-0.2, -0.15) is 9.97 Å². The SMILES string of the molecule is C1=CCCC(c2cc(-c3ccccc3)cc(-c3cccc(-c4cc(-c5ccccc5)cc(-c5nc(-c6cc(-c7ccccc7)cc(-c7cccc(-c8cc(-c9ccccc9)cc(-c9ccccc9)c8)c7)c6)nc(-n6c7ccncc7c7cc8c(cc76)sc6ccccc68)n5)c4)c3)c2)=C1. The minimum absolute atomic E-state index is 0.504. The van der Waals surface area contributed by atoms with E-state index in [1.54, 1.807) is 11.3 Å². The number of rotatable bonds is 13. The van der Waals surface area contributed by atoms with Crippen molar-refractivity contribution in [3.05, 3.63) is 352 Å². The second kappa shape index (κ2) is 25.0. The summed E-state index contributed by atoms with van der Waals surface area (Å²) in [6.07, 6.45) is 12.6. The van der Waals surface area contributed by atoms with Crippen LogP contribution in [-0.2, 0) is 0 Å². The van der Waals surface area contributed by atoms with Gasteiger partial charge in [0.25, 0.3) is 0 Å². The molecule has 0 radical (unpaired) electrons. The molecule has 6 heteroatoms. The van der Waals surface area contributed by atoms with E-state index >= 15 is 0 Å². The number of fused-ring (bicyclic) bond motifs is 6. The molecule has 460 valence electrons. The number of hydrogen-bond acceptors (Lipinski definition) is 5. The number of aromatic nitrogens is 5. The van der Waals surface area contributed by atoms with Gasteiger partial charge in [-0.15, -0.1) is 11.3 Å². The molecule has 0 amide bonds. The van der Waals surface area contributed by atoms with E-state index in [9.17, 15) is 0 Å². The first-order valence-electron chi connectivity index (χ1n) is 33.4. The van der Waals surface area contributed by atoms with Crippen LogP contribution in [-0.4, -0.2) is 24.5 Å². The van der Waals surface area contributed by atoms with Gasteiger partial charge in [0.2, 0.25) is 5.95 Å². The first kappa shape index (κ1) is 58.1. The van der Waals surface area contributed by atoms with Gasteiger partial charge < -0.3 is 0 Å². The number of thiophene rings is 1. The Morgan fingerprint density at radius 1 is 0.276 bits per heavy atom. The summed E-state index contributed by atoms with van der Waals surface area (Å²) in [5, 5.41) is 4.54. The van der Waals surface area contributed by atoms with Gasteiger partial charge in [0.05, 0.1) is 11.0 Å². The van der Waals surface area contributed by atoms with Crippen molar-refractivity contribution in [3.8, 4) is 129 Å². The fourth-order valence-electron chi connectivity index (χ4n) is 14.2. The van der Waals surface area contributed by atoms with Gasteiger partial charge in [-0.05, 0) is 233 Å². The van der Waals surface area contributed by atoms with Crippen molar-refractivity contribution in [3.63, 3.8) is 0 Å². The highest BCUT2D eigenvalue weighted by Crippen LogP contribution is 2.44. The van der Waals surface area contributed by atoms with E-state index in [1.807, 2.05) is 12.4 Å². The Balaban J connectivity index is 0.847. The molecular formula is C92H61N5S. The summed E-state index contributed by atoms with van der Waals surface area (Å²) >= 11 is 1.81. The van der Waals surface area contributed by atoms with Crippen LogP contribution in [0.1, 0.15) is 18.4 Å². The van der Waals surface area contributed by atoms with E-state index in [1.165, 1.54) is 53.6 Å². The van der Waals surface area contributed by atoms with E-state index in [4.69, 9.17) is 19.9 Å². The molecule has 0 saturated carbocycles. The molecule has 0 unspecified atom stereocenters. The van der Waals surface area contributed by atoms with Crippen LogP contribution < -0.4 is 0 Å². The van der Waals surface area contributed by atoms with Crippen molar-refractivity contribution in [2.75, 3.05) is 0 Å². The van der Waals surface area contributed by atoms with E-state index in [2.05, 4.69) is 338 Å². The molecule has 4 heterocycles. The third-order valence-corrected chi connectivity index (χ3v) is 20.2. The normalized spacial score (nSPS) is 12.2. The van der Waals surface area contributed by atoms with Crippen molar-refractivity contribution < 1.29 is 0 Å². The molecule has 0 saturated heterocycles. The molecule has 17 aromatic rings. The Kier molecular flexibility index (Phi) is 14.8. The van der Waals surface area contributed by atoms with Gasteiger partial charge in [0, 0.05) is 54.5 Å². The van der Waals surface area contributed by atoms with E-state index in [-0.39, 0.29) is 0 Å². The summed E-state index contributed by atoms with van der Waals surface area (Å²) < 4.78 is 4.65. The van der Waals surface area contributed by atoms with Gasteiger partial charge in [-0.25, -0.2) is 4.98 Å². The molecule has 0 spiro atoms. The van der Waals surface area contributed by atoms with Crippen molar-refractivity contribution >= 4 is 58.9 Å². The second-order valence-electron chi connectivity index (χ2n) is 25.3. The van der Waals surface area contributed by atoms with E-state index in [0.717, 1.165) is 124 Å². The molecule has 5 nitrogen and oxygen atoms in total. The molecule has 0 atom stereocenters. The Bertz CT molecular complexity index is 5910. The number of pyridine rings is 1. The number of benzene rings is 13. The van der Waals surface area contributed by atoms with Crippen molar-refractivity contribution in [1.29, 1.82) is 0 Å². The minimum atomic E-state index is 0.504. The van der Waals surface area contributed by atoms with Crippen molar-refractivity contribution in [2.24, 2.45) is 0 Å². The zero-order valence-corrected chi connectivity index (χ0v) is 54.3. The summed E-state index contributed by atoms with van der Waals surface area (Å²) in [5.41, 5.74) is 26.3. The lowest BCUT2D eigenvalue weighted by atomic mass is 9.89. The lowest BCUT2D eigenvalue weighted by Gasteiger charge is -2.16. The number of hydrogen-bond donors (Lipinski definition) is 0. The number of allylic oxidation sites excluding steroid dienone is 4. The average Bonchev–Trinajstić information content (AvgIpc) is 1.56. The molecule has 0 aliphatic heterocycles. The highest BCUT2D eigenvalue weighted by Gasteiger charge is 2.23. The predicted molar refractivity (Wildman–Crippen MR) is 411 cm³/mol. The third-order valence-electron chi connectivity index (χ3n) is 19.1. The lowest BCUT2D eigenvalue weighted by molar-refractivity contribution is 0.953. The molecule has 1 aliphatic rings. The molecular weight excluding hydrogens is 1210 g/mol. The maximum absolute atomic E-state index is 5.71. The van der Waals surface area contributed by atoms with Crippen LogP contribution in [0.15, 0.2) is 346 Å². The average molecular weight is 1270 g/mol. The molecule has 18 rings (SSSR count). The molecule has 1 aliphatic carbocycles. The quantitative estimate of drug-likeness (QED) is 0.115. The van der Waals surface area contributed by atoms with Crippen LogP contribution in [0.4, 0.5) is 0 Å². The standard InChI is InChI=1S/C92H61N5S/c1-7-23-60(24-8-1)70-45-71(61-25-9-2-10-26-61)48-76(47-70)66-35-21-37-68(43-66)78-51-74(64-31-15-5-16-32-64)53-80(55-78)90-94-91(96-92(95-90)97-86-41-42-93-59-85(86)83-57-84-82-39-19-20-40-88(82)98-89(84)58-87(83)97)81-54-75(65-33-17-6-18-34-65)52-79(56-81)69-38-22-36-67(44-69)77-49-72(62-27-11-3-12-28-62)46-73(50-77)63-29-13-4-14-30-63/h1-13,15-29,31-59H,14,30H2. The molecule has 13 aromatic carbocycles. The van der Waals surface area contributed by atoms with Crippen LogP contribution in [0.2, 0.25) is 0 Å². The Morgan fingerprint density at radius 3 is 1.10 bits per heavy atom. The fraction of sp³-hybridized carbons (Fsp3) is 0.0217. The van der Waals surface area contributed by atoms with Gasteiger partial charge in [0.1, 0.15) is 0 Å². The van der Waals surface area contributed by atoms with Gasteiger partial charge in [-0.3, -0.25) is 9.55 Å². The monoisotopic (exact) mass is 1270 g/mol. The zero-order valence-electron chi connectivity index (χ0n) is 53.5. The highest BCUT2D eigenvalue weighted by molar-refractivity contribution is 7.25. The van der Waals surface area contributed by atoms with Gasteiger partial charge in [0.15, 0.2) is 11.6 Å². The van der Waals surface area contributed by atoms with E-state index < -0.39 is 0 Å². The Labute approximate surface area is 573 Å². The third kappa shape index (κ3) is 11.2. The Morgan fingerprint density at radius 2 is 0.663 bits per heavy atom. The predicted octanol–water partition coefficient (Wildman–Crippen LogP) is 24.8. The summed E-state index contributed by atoms with van der Waals surface area (Å²) in [6, 6.07) is 114. The van der Waals surface area contributed by atoms with Crippen molar-refractivity contribution in [2.45, 2.75) is 12.8 Å². The number of nitrogens with zero attached hydrogens (tertiary/aromatic N) is 5. The summed E-state index contributed by atoms with van der Waals surface area (Å²) in [4.78, 5) is 21.9. The maximum atomic E-state index is 5.71. The zero-order chi connectivity index (χ0) is 64.9. The minimum Gasteiger partial charge on any atom is -0.278 e. The smallest absolute Gasteiger partial charge is 0.238 e. The Hall–Kier alpha value is -12.5. The van der Waals surface area contributed by atoms with Crippen LogP contribution in [0.5, 0.6) is 0 Å². The topological polar surface area (TPSA) is 56.5 Å². The highest BCUT2D eigenvalue weighted by atomic mass is 32.1. The fourth-order valence-corrected chi connectivity index (χ4v) is 15.3. The second-order valence-corrected chi connectivity index (χ2v) is 26.4. The first-order chi connectivity index (χ1) is 48.5. The van der Waals surface area contributed by atoms with Gasteiger partial charge in [-0.1, -0.05) is 224 Å². The van der Waals surface area contributed by atoms with E-state index in [0.29, 0.717) is 17.6 Å². The molecule has 0 N–H and O–H groups in total. The molecule has 0 fully saturated rings. The first-order valence-corrected chi connectivity index (χ1v) is 34.2. The molecule has 0 bridgehead atoms. The summed E-state index contributed by atoms with van der Waals surface area (Å²) in [6.45, 7) is 0. The maximum Gasteiger partial charge on any atom is 0.238 e. The summed E-state index contributed by atoms with van der Waals surface area (Å²) in [7, 11) is 0. The van der Waals surface area contributed by atoms with Crippen molar-refractivity contribution in [1.82, 2.24) is 24.5 Å². The van der Waals surface area contributed by atoms with Crippen LogP contribution in [0.25, 0.3) is 176 Å². The van der Waals surface area contributed by atoms with Gasteiger partial charge >= 0.3 is 0 Å².